The third-order valence-electron chi connectivity index (χ3n) is 4.83. The molecule has 0 unspecified atom stereocenters. The van der Waals surface area contributed by atoms with Gasteiger partial charge < -0.3 is 15.0 Å². The van der Waals surface area contributed by atoms with Gasteiger partial charge in [0.05, 0.1) is 12.7 Å². The predicted molar refractivity (Wildman–Crippen MR) is 118 cm³/mol. The molecule has 0 fully saturated rings. The van der Waals surface area contributed by atoms with Crippen LogP contribution in [0.15, 0.2) is 60.7 Å². The number of anilines is 1. The van der Waals surface area contributed by atoms with Crippen molar-refractivity contribution in [3.8, 4) is 10.4 Å². The van der Waals surface area contributed by atoms with E-state index in [0.717, 1.165) is 35.0 Å². The molecule has 1 N–H and O–H groups in total. The van der Waals surface area contributed by atoms with Gasteiger partial charge >= 0.3 is 5.97 Å². The summed E-state index contributed by atoms with van der Waals surface area (Å²) in [7, 11) is 1.39. The van der Waals surface area contributed by atoms with Gasteiger partial charge in [0.25, 0.3) is 0 Å². The number of rotatable bonds is 3. The second-order valence-electron chi connectivity index (χ2n) is 6.58. The van der Waals surface area contributed by atoms with Gasteiger partial charge in [0, 0.05) is 18.0 Å². The summed E-state index contributed by atoms with van der Waals surface area (Å²) in [6, 6.07) is 20.3. The van der Waals surface area contributed by atoms with E-state index in [1.54, 1.807) is 0 Å². The number of thiocarbonyl (C=S) groups is 1. The van der Waals surface area contributed by atoms with E-state index in [2.05, 4.69) is 34.5 Å². The number of carbonyl (C=O) groups excluding carboxylic acids is 1. The summed E-state index contributed by atoms with van der Waals surface area (Å²) in [6.07, 6.45) is 0.960. The quantitative estimate of drug-likeness (QED) is 0.490. The molecule has 3 aromatic rings. The monoisotopic (exact) mass is 408 g/mol. The summed E-state index contributed by atoms with van der Waals surface area (Å²) in [5.41, 5.74) is 4.23. The van der Waals surface area contributed by atoms with Crippen LogP contribution < -0.4 is 5.32 Å². The van der Waals surface area contributed by atoms with E-state index >= 15 is 0 Å². The highest BCUT2D eigenvalue weighted by atomic mass is 32.1. The summed E-state index contributed by atoms with van der Waals surface area (Å²) in [5, 5.41) is 4.63. The fraction of sp³-hybridized carbons (Fsp3) is 0.182. The summed E-state index contributed by atoms with van der Waals surface area (Å²) >= 11 is 7.17. The van der Waals surface area contributed by atoms with Crippen LogP contribution >= 0.6 is 23.6 Å². The minimum atomic E-state index is -0.368. The van der Waals surface area contributed by atoms with E-state index in [0.29, 0.717) is 10.7 Å². The van der Waals surface area contributed by atoms with Crippen molar-refractivity contribution in [3.63, 3.8) is 0 Å². The molecular formula is C22H20N2O2S2. The van der Waals surface area contributed by atoms with Crippen molar-refractivity contribution in [1.82, 2.24) is 4.90 Å². The zero-order chi connectivity index (χ0) is 19.5. The molecule has 4 rings (SSSR count). The Morgan fingerprint density at radius 1 is 1.11 bits per heavy atom. The minimum Gasteiger partial charge on any atom is -0.465 e. The number of fused-ring (bicyclic) bond motifs is 1. The maximum atomic E-state index is 12.3. The zero-order valence-electron chi connectivity index (χ0n) is 15.5. The van der Waals surface area contributed by atoms with Gasteiger partial charge in [0.1, 0.15) is 5.00 Å². The fourth-order valence-corrected chi connectivity index (χ4v) is 4.71. The van der Waals surface area contributed by atoms with E-state index in [-0.39, 0.29) is 5.97 Å². The second kappa shape index (κ2) is 8.12. The normalized spacial score (nSPS) is 13.0. The number of ether oxygens (including phenoxy) is 1. The van der Waals surface area contributed by atoms with E-state index in [1.165, 1.54) is 29.6 Å². The Bertz CT molecular complexity index is 1010. The molecule has 4 nitrogen and oxygen atoms in total. The SMILES string of the molecule is COC(=O)c1cc(-c2ccccc2)sc1NC(=S)N1CCc2ccccc2C1. The number of thiophene rings is 1. The highest BCUT2D eigenvalue weighted by molar-refractivity contribution is 7.80. The predicted octanol–water partition coefficient (Wildman–Crippen LogP) is 4.96. The van der Waals surface area contributed by atoms with Crippen LogP contribution in [0.5, 0.6) is 0 Å². The summed E-state index contributed by atoms with van der Waals surface area (Å²) in [5.74, 6) is -0.368. The average Bonchev–Trinajstić information content (AvgIpc) is 3.17. The number of hydrogen-bond donors (Lipinski definition) is 1. The Balaban J connectivity index is 1.58. The van der Waals surface area contributed by atoms with Crippen LogP contribution in [0.25, 0.3) is 10.4 Å². The number of nitrogens with one attached hydrogen (secondary N) is 1. The molecule has 0 atom stereocenters. The van der Waals surface area contributed by atoms with Crippen molar-refractivity contribution in [2.24, 2.45) is 0 Å². The lowest BCUT2D eigenvalue weighted by Gasteiger charge is -2.31. The molecule has 2 heterocycles. The van der Waals surface area contributed by atoms with E-state index in [4.69, 9.17) is 17.0 Å². The maximum absolute atomic E-state index is 12.3. The zero-order valence-corrected chi connectivity index (χ0v) is 17.1. The molecule has 0 aliphatic carbocycles. The van der Waals surface area contributed by atoms with Crippen LogP contribution in [-0.4, -0.2) is 29.6 Å². The smallest absolute Gasteiger partial charge is 0.340 e. The number of esters is 1. The first-order chi connectivity index (χ1) is 13.7. The lowest BCUT2D eigenvalue weighted by Crippen LogP contribution is -2.38. The van der Waals surface area contributed by atoms with E-state index < -0.39 is 0 Å². The van der Waals surface area contributed by atoms with Crippen LogP contribution in [0.4, 0.5) is 5.00 Å². The number of benzene rings is 2. The highest BCUT2D eigenvalue weighted by Gasteiger charge is 2.22. The van der Waals surface area contributed by atoms with Gasteiger partial charge in [-0.25, -0.2) is 4.79 Å². The van der Waals surface area contributed by atoms with Gasteiger partial charge in [0.2, 0.25) is 0 Å². The Labute approximate surface area is 173 Å². The molecule has 0 bridgehead atoms. The third kappa shape index (κ3) is 3.79. The molecule has 142 valence electrons. The third-order valence-corrected chi connectivity index (χ3v) is 6.29. The Kier molecular flexibility index (Phi) is 5.41. The van der Waals surface area contributed by atoms with Crippen LogP contribution in [-0.2, 0) is 17.7 Å². The van der Waals surface area contributed by atoms with Crippen molar-refractivity contribution in [2.45, 2.75) is 13.0 Å². The van der Waals surface area contributed by atoms with Crippen molar-refractivity contribution < 1.29 is 9.53 Å². The fourth-order valence-electron chi connectivity index (χ4n) is 3.34. The molecule has 2 aromatic carbocycles. The molecule has 1 aromatic heterocycles. The molecule has 1 aliphatic heterocycles. The summed E-state index contributed by atoms with van der Waals surface area (Å²) in [4.78, 5) is 15.4. The lowest BCUT2D eigenvalue weighted by molar-refractivity contribution is 0.0602. The molecule has 28 heavy (non-hydrogen) atoms. The molecule has 0 amide bonds. The number of methoxy groups -OCH3 is 1. The molecule has 0 radical (unpaired) electrons. The number of carbonyl (C=O) groups is 1. The van der Waals surface area contributed by atoms with E-state index in [9.17, 15) is 4.79 Å². The van der Waals surface area contributed by atoms with Crippen molar-refractivity contribution in [3.05, 3.63) is 77.4 Å². The molecular weight excluding hydrogens is 388 g/mol. The number of hydrogen-bond acceptors (Lipinski definition) is 4. The topological polar surface area (TPSA) is 41.6 Å². The molecule has 1 aliphatic rings. The van der Waals surface area contributed by atoms with Crippen LogP contribution in [0.1, 0.15) is 21.5 Å². The highest BCUT2D eigenvalue weighted by Crippen LogP contribution is 2.36. The van der Waals surface area contributed by atoms with Crippen molar-refractivity contribution in [2.75, 3.05) is 19.0 Å². The minimum absolute atomic E-state index is 0.368. The first kappa shape index (κ1) is 18.7. The molecule has 6 heteroatoms. The van der Waals surface area contributed by atoms with Gasteiger partial charge in [-0.15, -0.1) is 11.3 Å². The average molecular weight is 409 g/mol. The first-order valence-electron chi connectivity index (χ1n) is 9.06. The lowest BCUT2D eigenvalue weighted by atomic mass is 10.0. The number of nitrogens with zero attached hydrogens (tertiary/aromatic N) is 1. The van der Waals surface area contributed by atoms with Crippen LogP contribution in [0.2, 0.25) is 0 Å². The van der Waals surface area contributed by atoms with Crippen molar-refractivity contribution >= 4 is 39.6 Å². The Hall–Kier alpha value is -2.70. The second-order valence-corrected chi connectivity index (χ2v) is 8.02. The first-order valence-corrected chi connectivity index (χ1v) is 10.3. The van der Waals surface area contributed by atoms with Crippen molar-refractivity contribution in [1.29, 1.82) is 0 Å². The maximum Gasteiger partial charge on any atom is 0.340 e. The van der Waals surface area contributed by atoms with Crippen LogP contribution in [0, 0.1) is 0 Å². The molecule has 0 saturated heterocycles. The van der Waals surface area contributed by atoms with Gasteiger partial charge in [-0.3, -0.25) is 0 Å². The summed E-state index contributed by atoms with van der Waals surface area (Å²) < 4.78 is 4.97. The van der Waals surface area contributed by atoms with Gasteiger partial charge in [-0.05, 0) is 41.4 Å². The van der Waals surface area contributed by atoms with Crippen LogP contribution in [0.3, 0.4) is 0 Å². The van der Waals surface area contributed by atoms with Gasteiger partial charge in [-0.1, -0.05) is 54.6 Å². The standard InChI is InChI=1S/C22H20N2O2S2/c1-26-21(25)18-13-19(16-8-3-2-4-9-16)28-20(18)23-22(27)24-12-11-15-7-5-6-10-17(15)14-24/h2-10,13H,11-12,14H2,1H3,(H,23,27). The molecule has 0 saturated carbocycles. The summed E-state index contributed by atoms with van der Waals surface area (Å²) in [6.45, 7) is 1.62. The van der Waals surface area contributed by atoms with E-state index in [1.807, 2.05) is 36.4 Å². The van der Waals surface area contributed by atoms with Gasteiger partial charge in [-0.2, -0.15) is 0 Å². The Morgan fingerprint density at radius 2 is 1.82 bits per heavy atom. The largest absolute Gasteiger partial charge is 0.465 e. The molecule has 0 spiro atoms. The Morgan fingerprint density at radius 3 is 2.57 bits per heavy atom. The van der Waals surface area contributed by atoms with Gasteiger partial charge in [0.15, 0.2) is 5.11 Å².